The summed E-state index contributed by atoms with van der Waals surface area (Å²) in [7, 11) is -3.62. The average Bonchev–Trinajstić information content (AvgIpc) is 2.67. The first-order chi connectivity index (χ1) is 12.9. The Labute approximate surface area is 165 Å². The van der Waals surface area contributed by atoms with Crippen molar-refractivity contribution in [2.45, 2.75) is 11.5 Å². The molecule has 9 heteroatoms. The van der Waals surface area contributed by atoms with Crippen LogP contribution in [-0.4, -0.2) is 45.0 Å². The van der Waals surface area contributed by atoms with E-state index in [9.17, 15) is 17.6 Å². The third-order valence-electron chi connectivity index (χ3n) is 4.03. The van der Waals surface area contributed by atoms with Crippen LogP contribution in [0.1, 0.15) is 15.9 Å². The average molecular weight is 458 g/mol. The van der Waals surface area contributed by atoms with Gasteiger partial charge in [-0.15, -0.1) is 0 Å². The van der Waals surface area contributed by atoms with Crippen LogP contribution in [0.25, 0.3) is 0 Å². The van der Waals surface area contributed by atoms with Gasteiger partial charge in [0.25, 0.3) is 0 Å². The number of morpholine rings is 1. The second kappa shape index (κ2) is 8.47. The number of sulfonamides is 1. The van der Waals surface area contributed by atoms with Crippen molar-refractivity contribution in [2.24, 2.45) is 0 Å². The first-order valence-corrected chi connectivity index (χ1v) is 10.4. The van der Waals surface area contributed by atoms with Gasteiger partial charge in [-0.1, -0.05) is 12.1 Å². The van der Waals surface area contributed by atoms with Gasteiger partial charge in [-0.2, -0.15) is 4.31 Å². The Hall–Kier alpha value is -1.81. The molecule has 0 aliphatic carbocycles. The zero-order chi connectivity index (χ0) is 19.4. The molecule has 1 aliphatic heterocycles. The highest BCUT2D eigenvalue weighted by Crippen LogP contribution is 2.21. The van der Waals surface area contributed by atoms with E-state index in [1.807, 2.05) is 0 Å². The van der Waals surface area contributed by atoms with E-state index < -0.39 is 21.8 Å². The number of benzene rings is 2. The molecule has 0 saturated carbocycles. The van der Waals surface area contributed by atoms with E-state index in [1.165, 1.54) is 28.6 Å². The van der Waals surface area contributed by atoms with Crippen molar-refractivity contribution in [1.29, 1.82) is 0 Å². The Morgan fingerprint density at radius 1 is 1.19 bits per heavy atom. The Balaban J connectivity index is 1.71. The summed E-state index contributed by atoms with van der Waals surface area (Å²) in [5.41, 5.74) is 0.726. The molecule has 2 aromatic carbocycles. The van der Waals surface area contributed by atoms with Crippen molar-refractivity contribution < 1.29 is 27.1 Å². The van der Waals surface area contributed by atoms with Crippen molar-refractivity contribution in [1.82, 2.24) is 4.31 Å². The Bertz CT molecular complexity index is 945. The molecular formula is C18H17BrFNO5S. The molecule has 0 amide bonds. The highest BCUT2D eigenvalue weighted by Gasteiger charge is 2.26. The summed E-state index contributed by atoms with van der Waals surface area (Å²) in [5, 5.41) is 0. The number of nitrogens with zero attached hydrogens (tertiary/aromatic N) is 1. The predicted octanol–water partition coefficient (Wildman–Crippen LogP) is 2.97. The molecule has 0 unspecified atom stereocenters. The van der Waals surface area contributed by atoms with E-state index >= 15 is 0 Å². The van der Waals surface area contributed by atoms with Crippen LogP contribution in [0, 0.1) is 5.82 Å². The Morgan fingerprint density at radius 2 is 1.93 bits per heavy atom. The number of carbonyl (C=O) groups is 1. The fraction of sp³-hybridized carbons (Fsp3) is 0.278. The maximum absolute atomic E-state index is 13.1. The summed E-state index contributed by atoms with van der Waals surface area (Å²) in [6.45, 7) is 1.24. The molecule has 144 valence electrons. The van der Waals surface area contributed by atoms with E-state index in [0.717, 1.165) is 6.07 Å². The zero-order valence-electron chi connectivity index (χ0n) is 14.2. The van der Waals surface area contributed by atoms with E-state index in [1.54, 1.807) is 12.1 Å². The third-order valence-corrected chi connectivity index (χ3v) is 6.58. The predicted molar refractivity (Wildman–Crippen MR) is 99.2 cm³/mol. The van der Waals surface area contributed by atoms with Crippen LogP contribution in [0.5, 0.6) is 0 Å². The van der Waals surface area contributed by atoms with Gasteiger partial charge >= 0.3 is 5.97 Å². The van der Waals surface area contributed by atoms with E-state index in [0.29, 0.717) is 31.9 Å². The van der Waals surface area contributed by atoms with Gasteiger partial charge in [0.05, 0.1) is 23.7 Å². The molecule has 0 aromatic heterocycles. The van der Waals surface area contributed by atoms with Gasteiger partial charge in [0, 0.05) is 17.6 Å². The van der Waals surface area contributed by atoms with Gasteiger partial charge in [-0.25, -0.2) is 17.6 Å². The summed E-state index contributed by atoms with van der Waals surface area (Å²) in [6.07, 6.45) is 0. The van der Waals surface area contributed by atoms with Gasteiger partial charge in [-0.05, 0) is 51.8 Å². The summed E-state index contributed by atoms with van der Waals surface area (Å²) in [6, 6.07) is 9.92. The summed E-state index contributed by atoms with van der Waals surface area (Å²) in [4.78, 5) is 12.3. The molecular weight excluding hydrogens is 441 g/mol. The molecule has 1 heterocycles. The number of hydrogen-bond acceptors (Lipinski definition) is 5. The van der Waals surface area contributed by atoms with Crippen LogP contribution < -0.4 is 0 Å². The van der Waals surface area contributed by atoms with E-state index in [-0.39, 0.29) is 21.5 Å². The highest BCUT2D eigenvalue weighted by molar-refractivity contribution is 9.10. The number of ether oxygens (including phenoxy) is 2. The lowest BCUT2D eigenvalue weighted by Crippen LogP contribution is -2.40. The molecule has 6 nitrogen and oxygen atoms in total. The molecule has 1 aliphatic rings. The highest BCUT2D eigenvalue weighted by atomic mass is 79.9. The fourth-order valence-electron chi connectivity index (χ4n) is 2.61. The minimum atomic E-state index is -3.62. The summed E-state index contributed by atoms with van der Waals surface area (Å²) in [5.74, 6) is -1.11. The molecule has 0 N–H and O–H groups in total. The number of carbonyl (C=O) groups excluding carboxylic acids is 1. The topological polar surface area (TPSA) is 72.9 Å². The molecule has 0 atom stereocenters. The van der Waals surface area contributed by atoms with Crippen LogP contribution in [0.2, 0.25) is 0 Å². The van der Waals surface area contributed by atoms with E-state index in [2.05, 4.69) is 15.9 Å². The molecule has 0 bridgehead atoms. The maximum atomic E-state index is 13.1. The van der Waals surface area contributed by atoms with Crippen LogP contribution >= 0.6 is 15.9 Å². The molecule has 0 radical (unpaired) electrons. The SMILES string of the molecule is O=C(OCc1cccc(S(=O)(=O)N2CCOCC2)c1)c1ccc(F)cc1Br. The lowest BCUT2D eigenvalue weighted by molar-refractivity contribution is 0.0471. The first-order valence-electron chi connectivity index (χ1n) is 8.17. The van der Waals surface area contributed by atoms with Crippen molar-refractivity contribution in [2.75, 3.05) is 26.3 Å². The standard InChI is InChI=1S/C18H17BrFNO5S/c19-17-11-14(20)4-5-16(17)18(22)26-12-13-2-1-3-15(10-13)27(23,24)21-6-8-25-9-7-21/h1-5,10-11H,6-9,12H2. The minimum absolute atomic E-state index is 0.102. The van der Waals surface area contributed by atoms with Crippen molar-refractivity contribution in [3.63, 3.8) is 0 Å². The van der Waals surface area contributed by atoms with Gasteiger partial charge in [-0.3, -0.25) is 0 Å². The van der Waals surface area contributed by atoms with Gasteiger partial charge in [0.2, 0.25) is 10.0 Å². The third kappa shape index (κ3) is 4.73. The normalized spacial score (nSPS) is 15.5. The van der Waals surface area contributed by atoms with Gasteiger partial charge in [0.15, 0.2) is 0 Å². The Kier molecular flexibility index (Phi) is 6.25. The van der Waals surface area contributed by atoms with Gasteiger partial charge < -0.3 is 9.47 Å². The zero-order valence-corrected chi connectivity index (χ0v) is 16.6. The minimum Gasteiger partial charge on any atom is -0.457 e. The molecule has 2 aromatic rings. The molecule has 1 fully saturated rings. The number of halogens is 2. The number of esters is 1. The summed E-state index contributed by atoms with van der Waals surface area (Å²) >= 11 is 3.12. The van der Waals surface area contributed by atoms with Gasteiger partial charge in [0.1, 0.15) is 12.4 Å². The number of hydrogen-bond donors (Lipinski definition) is 0. The van der Waals surface area contributed by atoms with Crippen LogP contribution in [0.3, 0.4) is 0 Å². The van der Waals surface area contributed by atoms with Crippen LogP contribution in [0.4, 0.5) is 4.39 Å². The summed E-state index contributed by atoms with van der Waals surface area (Å²) < 4.78 is 50.6. The van der Waals surface area contributed by atoms with Crippen molar-refractivity contribution in [3.05, 3.63) is 63.9 Å². The second-order valence-electron chi connectivity index (χ2n) is 5.86. The lowest BCUT2D eigenvalue weighted by Gasteiger charge is -2.26. The first kappa shape index (κ1) is 19.9. The fourth-order valence-corrected chi connectivity index (χ4v) is 4.60. The van der Waals surface area contributed by atoms with E-state index in [4.69, 9.17) is 9.47 Å². The van der Waals surface area contributed by atoms with Crippen molar-refractivity contribution >= 4 is 31.9 Å². The van der Waals surface area contributed by atoms with Crippen LogP contribution in [0.15, 0.2) is 51.8 Å². The lowest BCUT2D eigenvalue weighted by atomic mass is 10.2. The maximum Gasteiger partial charge on any atom is 0.339 e. The Morgan fingerprint density at radius 3 is 2.63 bits per heavy atom. The second-order valence-corrected chi connectivity index (χ2v) is 8.66. The van der Waals surface area contributed by atoms with Crippen LogP contribution in [-0.2, 0) is 26.1 Å². The van der Waals surface area contributed by atoms with Crippen molar-refractivity contribution in [3.8, 4) is 0 Å². The molecule has 0 spiro atoms. The molecule has 1 saturated heterocycles. The molecule has 3 rings (SSSR count). The largest absolute Gasteiger partial charge is 0.457 e. The number of rotatable bonds is 5. The quantitative estimate of drug-likeness (QED) is 0.645. The smallest absolute Gasteiger partial charge is 0.339 e. The molecule has 27 heavy (non-hydrogen) atoms. The monoisotopic (exact) mass is 457 g/mol.